The van der Waals surface area contributed by atoms with Crippen LogP contribution in [0.2, 0.25) is 0 Å². The average molecular weight is 463 g/mol. The quantitative estimate of drug-likeness (QED) is 0.422. The number of aromatic nitrogens is 1. The molecule has 2 amide bonds. The lowest BCUT2D eigenvalue weighted by atomic mass is 10.0. The molecule has 0 saturated carbocycles. The summed E-state index contributed by atoms with van der Waals surface area (Å²) in [7, 11) is 0. The predicted molar refractivity (Wildman–Crippen MR) is 138 cm³/mol. The SMILES string of the molecule is CC.CC.CC(C)CCNC(=O)c1cc[n+](COC(N)=O)cc1.CCCCC1=CCCC=C1. The van der Waals surface area contributed by atoms with Crippen LogP contribution in [0.1, 0.15) is 97.3 Å². The van der Waals surface area contributed by atoms with Crippen LogP contribution in [0.5, 0.6) is 0 Å². The van der Waals surface area contributed by atoms with Crippen molar-refractivity contribution in [3.8, 4) is 0 Å². The number of hydrogen-bond donors (Lipinski definition) is 2. The van der Waals surface area contributed by atoms with E-state index in [0.29, 0.717) is 18.0 Å². The van der Waals surface area contributed by atoms with Gasteiger partial charge in [0.25, 0.3) is 12.6 Å². The van der Waals surface area contributed by atoms with E-state index in [1.807, 2.05) is 27.7 Å². The smallest absolute Gasteiger partial charge is 0.389 e. The summed E-state index contributed by atoms with van der Waals surface area (Å²) in [5.74, 6) is 0.452. The number of carbonyl (C=O) groups excluding carboxylic acids is 2. The molecule has 1 aliphatic carbocycles. The number of nitrogens with zero attached hydrogens (tertiary/aromatic N) is 1. The number of ether oxygens (including phenoxy) is 1. The summed E-state index contributed by atoms with van der Waals surface area (Å²) in [5, 5.41) is 2.85. The Morgan fingerprint density at radius 3 is 2.24 bits per heavy atom. The molecule has 0 saturated heterocycles. The molecule has 0 radical (unpaired) electrons. The second-order valence-electron chi connectivity index (χ2n) is 7.49. The first kappa shape index (κ1) is 32.5. The Hall–Kier alpha value is -2.63. The Balaban J connectivity index is 0. The minimum absolute atomic E-state index is 0.0323. The number of nitrogens with two attached hydrogens (primary N) is 1. The van der Waals surface area contributed by atoms with Crippen molar-refractivity contribution in [1.82, 2.24) is 5.32 Å². The molecule has 6 heteroatoms. The molecule has 33 heavy (non-hydrogen) atoms. The summed E-state index contributed by atoms with van der Waals surface area (Å²) in [6.45, 7) is 15.2. The molecule has 0 aromatic carbocycles. The van der Waals surface area contributed by atoms with Crippen LogP contribution >= 0.6 is 0 Å². The maximum atomic E-state index is 11.8. The Morgan fingerprint density at radius 2 is 1.76 bits per heavy atom. The van der Waals surface area contributed by atoms with E-state index in [1.165, 1.54) is 32.1 Å². The zero-order chi connectivity index (χ0) is 25.5. The summed E-state index contributed by atoms with van der Waals surface area (Å²) in [6.07, 6.45) is 16.8. The van der Waals surface area contributed by atoms with Crippen LogP contribution in [0, 0.1) is 5.92 Å². The number of hydrogen-bond acceptors (Lipinski definition) is 3. The van der Waals surface area contributed by atoms with E-state index in [2.05, 4.69) is 49.1 Å². The Labute approximate surface area is 202 Å². The van der Waals surface area contributed by atoms with Gasteiger partial charge in [0, 0.05) is 18.7 Å². The highest BCUT2D eigenvalue weighted by molar-refractivity contribution is 5.93. The van der Waals surface area contributed by atoms with Gasteiger partial charge in [-0.2, -0.15) is 4.57 Å². The second-order valence-corrected chi connectivity index (χ2v) is 7.49. The lowest BCUT2D eigenvalue weighted by Crippen LogP contribution is -2.37. The molecule has 0 bridgehead atoms. The third kappa shape index (κ3) is 18.6. The van der Waals surface area contributed by atoms with Gasteiger partial charge in [0.05, 0.1) is 5.56 Å². The molecule has 1 aromatic rings. The minimum atomic E-state index is -0.831. The van der Waals surface area contributed by atoms with Gasteiger partial charge in [-0.15, -0.1) is 0 Å². The average Bonchev–Trinajstić information content (AvgIpc) is 2.85. The van der Waals surface area contributed by atoms with Crippen molar-refractivity contribution < 1.29 is 18.9 Å². The monoisotopic (exact) mass is 462 g/mol. The van der Waals surface area contributed by atoms with E-state index in [9.17, 15) is 9.59 Å². The third-order valence-electron chi connectivity index (χ3n) is 4.41. The molecule has 0 aliphatic heterocycles. The van der Waals surface area contributed by atoms with Crippen LogP contribution in [-0.4, -0.2) is 18.5 Å². The summed E-state index contributed by atoms with van der Waals surface area (Å²) < 4.78 is 6.23. The predicted octanol–water partition coefficient (Wildman–Crippen LogP) is 6.31. The highest BCUT2D eigenvalue weighted by atomic mass is 16.6. The Morgan fingerprint density at radius 1 is 1.12 bits per heavy atom. The largest absolute Gasteiger partial charge is 0.409 e. The number of amides is 2. The summed E-state index contributed by atoms with van der Waals surface area (Å²) in [6, 6.07) is 3.32. The van der Waals surface area contributed by atoms with Crippen molar-refractivity contribution in [1.29, 1.82) is 0 Å². The van der Waals surface area contributed by atoms with Gasteiger partial charge >= 0.3 is 6.09 Å². The van der Waals surface area contributed by atoms with Crippen LogP contribution in [-0.2, 0) is 11.5 Å². The second kappa shape index (κ2) is 22.6. The van der Waals surface area contributed by atoms with Crippen molar-refractivity contribution in [2.45, 2.75) is 93.7 Å². The number of allylic oxidation sites excluding steroid dienone is 4. The van der Waals surface area contributed by atoms with Crippen molar-refractivity contribution in [2.75, 3.05) is 6.54 Å². The molecule has 1 heterocycles. The molecule has 3 N–H and O–H groups in total. The molecule has 1 aliphatic rings. The van der Waals surface area contributed by atoms with E-state index < -0.39 is 6.09 Å². The first-order chi connectivity index (χ1) is 15.9. The zero-order valence-electron chi connectivity index (χ0n) is 22.0. The van der Waals surface area contributed by atoms with E-state index in [-0.39, 0.29) is 12.6 Å². The third-order valence-corrected chi connectivity index (χ3v) is 4.41. The fourth-order valence-corrected chi connectivity index (χ4v) is 2.64. The lowest BCUT2D eigenvalue weighted by molar-refractivity contribution is -0.727. The molecular formula is C27H48N3O3+. The fourth-order valence-electron chi connectivity index (χ4n) is 2.64. The fraction of sp³-hybridized carbons (Fsp3) is 0.593. The molecule has 1 aromatic heterocycles. The number of rotatable bonds is 9. The highest BCUT2D eigenvalue weighted by Crippen LogP contribution is 2.15. The van der Waals surface area contributed by atoms with Gasteiger partial charge in [0.2, 0.25) is 0 Å². The summed E-state index contributed by atoms with van der Waals surface area (Å²) >= 11 is 0. The van der Waals surface area contributed by atoms with Gasteiger partial charge in [-0.25, -0.2) is 4.79 Å². The zero-order valence-corrected chi connectivity index (χ0v) is 22.0. The molecular weight excluding hydrogens is 414 g/mol. The number of nitrogens with one attached hydrogen (secondary N) is 1. The molecule has 0 unspecified atom stereocenters. The number of unbranched alkanes of at least 4 members (excludes halogenated alkanes) is 1. The van der Waals surface area contributed by atoms with Crippen LogP contribution in [0.3, 0.4) is 0 Å². The molecule has 6 nitrogen and oxygen atoms in total. The Bertz CT molecular complexity index is 680. The molecule has 0 fully saturated rings. The molecule has 2 rings (SSSR count). The maximum Gasteiger partial charge on any atom is 0.409 e. The van der Waals surface area contributed by atoms with Crippen molar-refractivity contribution >= 4 is 12.0 Å². The van der Waals surface area contributed by atoms with Crippen molar-refractivity contribution in [2.24, 2.45) is 11.7 Å². The molecule has 188 valence electrons. The molecule has 0 spiro atoms. The van der Waals surface area contributed by atoms with Crippen LogP contribution in [0.15, 0.2) is 48.3 Å². The maximum absolute atomic E-state index is 11.8. The first-order valence-corrected chi connectivity index (χ1v) is 12.5. The number of carbonyl (C=O) groups is 2. The van der Waals surface area contributed by atoms with Gasteiger partial charge in [0.1, 0.15) is 0 Å². The summed E-state index contributed by atoms with van der Waals surface area (Å²) in [4.78, 5) is 22.2. The highest BCUT2D eigenvalue weighted by Gasteiger charge is 2.08. The van der Waals surface area contributed by atoms with Crippen molar-refractivity contribution in [3.05, 3.63) is 53.9 Å². The summed E-state index contributed by atoms with van der Waals surface area (Å²) in [5.41, 5.74) is 6.98. The Kier molecular flexibility index (Phi) is 22.3. The van der Waals surface area contributed by atoms with Gasteiger partial charge in [0.15, 0.2) is 12.4 Å². The standard InChI is InChI=1S/C13H19N3O3.C10H16.2C2H6/c1-10(2)3-6-15-12(17)11-4-7-16(8-5-11)9-19-13(14)18;1-2-3-7-10-8-5-4-6-9-10;2*1-2/h4-5,7-8,10H,3,6,9H2,1-2H3,(H2-,14,15,17,18);5,8-9H,2-4,6-7H2,1H3;2*1-2H3/p+1. The van der Waals surface area contributed by atoms with Crippen LogP contribution in [0.4, 0.5) is 4.79 Å². The van der Waals surface area contributed by atoms with Crippen LogP contribution < -0.4 is 15.6 Å². The lowest BCUT2D eigenvalue weighted by Gasteiger charge is -2.06. The first-order valence-electron chi connectivity index (χ1n) is 12.5. The van der Waals surface area contributed by atoms with E-state index >= 15 is 0 Å². The number of primary amides is 1. The van der Waals surface area contributed by atoms with Gasteiger partial charge < -0.3 is 15.8 Å². The van der Waals surface area contributed by atoms with E-state index in [4.69, 9.17) is 5.73 Å². The molecule has 0 atom stereocenters. The van der Waals surface area contributed by atoms with Crippen molar-refractivity contribution in [3.63, 3.8) is 0 Å². The topological polar surface area (TPSA) is 85.3 Å². The van der Waals surface area contributed by atoms with E-state index in [1.54, 1.807) is 34.7 Å². The van der Waals surface area contributed by atoms with Gasteiger partial charge in [-0.1, -0.05) is 78.7 Å². The minimum Gasteiger partial charge on any atom is -0.389 e. The van der Waals surface area contributed by atoms with Gasteiger partial charge in [-0.05, 0) is 38.0 Å². The number of pyridine rings is 1. The van der Waals surface area contributed by atoms with E-state index in [0.717, 1.165) is 6.42 Å². The normalized spacial score (nSPS) is 11.5. The van der Waals surface area contributed by atoms with Crippen LogP contribution in [0.25, 0.3) is 0 Å². The van der Waals surface area contributed by atoms with Gasteiger partial charge in [-0.3, -0.25) is 4.79 Å².